The van der Waals surface area contributed by atoms with Gasteiger partial charge in [-0.1, -0.05) is 6.07 Å². The Kier molecular flexibility index (Phi) is 5.21. The number of alkyl carbamates (subject to hydrolysis) is 1. The molecular formula is C14H22N2O4. The molecule has 1 amide bonds. The van der Waals surface area contributed by atoms with Crippen molar-refractivity contribution in [2.24, 2.45) is 5.73 Å². The van der Waals surface area contributed by atoms with Crippen LogP contribution in [0.1, 0.15) is 32.4 Å². The molecule has 0 saturated carbocycles. The summed E-state index contributed by atoms with van der Waals surface area (Å²) in [6, 6.07) is 4.41. The second-order valence-corrected chi connectivity index (χ2v) is 5.37. The van der Waals surface area contributed by atoms with Gasteiger partial charge in [-0.3, -0.25) is 0 Å². The van der Waals surface area contributed by atoms with Crippen LogP contribution in [0.3, 0.4) is 0 Å². The molecule has 1 unspecified atom stereocenters. The molecule has 1 rings (SSSR count). The summed E-state index contributed by atoms with van der Waals surface area (Å²) in [5.41, 5.74) is 5.75. The van der Waals surface area contributed by atoms with Gasteiger partial charge in [-0.25, -0.2) is 4.79 Å². The number of phenolic OH excluding ortho intramolecular Hbond substituents is 1. The molecule has 0 fully saturated rings. The molecular weight excluding hydrogens is 260 g/mol. The maximum Gasteiger partial charge on any atom is 0.408 e. The number of hydrogen-bond donors (Lipinski definition) is 3. The number of benzene rings is 1. The minimum absolute atomic E-state index is 0.00515. The van der Waals surface area contributed by atoms with Crippen molar-refractivity contribution in [3.63, 3.8) is 0 Å². The molecule has 0 radical (unpaired) electrons. The number of rotatable bonds is 4. The van der Waals surface area contributed by atoms with Crippen LogP contribution in [0.2, 0.25) is 0 Å². The molecule has 0 aromatic heterocycles. The highest BCUT2D eigenvalue weighted by Crippen LogP contribution is 2.28. The average molecular weight is 282 g/mol. The summed E-state index contributed by atoms with van der Waals surface area (Å²) in [5.74, 6) is 0.358. The largest absolute Gasteiger partial charge is 0.504 e. The van der Waals surface area contributed by atoms with Crippen LogP contribution in [0.15, 0.2) is 18.2 Å². The second kappa shape index (κ2) is 6.47. The van der Waals surface area contributed by atoms with Gasteiger partial charge in [-0.2, -0.15) is 0 Å². The third kappa shape index (κ3) is 4.62. The van der Waals surface area contributed by atoms with Crippen LogP contribution in [0.5, 0.6) is 11.5 Å². The predicted octanol–water partition coefficient (Wildman–Crippen LogP) is 1.93. The van der Waals surface area contributed by atoms with Crippen molar-refractivity contribution < 1.29 is 19.4 Å². The lowest BCUT2D eigenvalue weighted by Gasteiger charge is -2.23. The molecule has 20 heavy (non-hydrogen) atoms. The van der Waals surface area contributed by atoms with E-state index in [1.807, 2.05) is 0 Å². The quantitative estimate of drug-likeness (QED) is 0.784. The number of nitrogens with two attached hydrogens (primary N) is 1. The lowest BCUT2D eigenvalue weighted by molar-refractivity contribution is 0.0505. The van der Waals surface area contributed by atoms with Gasteiger partial charge in [-0.15, -0.1) is 0 Å². The third-order valence-electron chi connectivity index (χ3n) is 2.53. The van der Waals surface area contributed by atoms with E-state index in [4.69, 9.17) is 15.2 Å². The highest BCUT2D eigenvalue weighted by Gasteiger charge is 2.20. The first-order valence-electron chi connectivity index (χ1n) is 6.33. The number of ether oxygens (including phenoxy) is 2. The highest BCUT2D eigenvalue weighted by molar-refractivity contribution is 5.68. The van der Waals surface area contributed by atoms with Crippen LogP contribution in [0, 0.1) is 0 Å². The molecule has 4 N–H and O–H groups in total. The number of phenols is 1. The maximum atomic E-state index is 11.7. The molecule has 1 aromatic rings. The SMILES string of the molecule is COc1ccc(C(CN)NC(=O)OC(C)(C)C)cc1O. The molecule has 0 heterocycles. The average Bonchev–Trinajstić information content (AvgIpc) is 2.33. The van der Waals surface area contributed by atoms with Crippen molar-refractivity contribution in [2.75, 3.05) is 13.7 Å². The van der Waals surface area contributed by atoms with E-state index in [0.717, 1.165) is 0 Å². The van der Waals surface area contributed by atoms with E-state index < -0.39 is 17.7 Å². The number of hydrogen-bond acceptors (Lipinski definition) is 5. The van der Waals surface area contributed by atoms with Gasteiger partial charge in [0.1, 0.15) is 5.60 Å². The smallest absolute Gasteiger partial charge is 0.408 e. The van der Waals surface area contributed by atoms with Gasteiger partial charge in [0.25, 0.3) is 0 Å². The predicted molar refractivity (Wildman–Crippen MR) is 75.8 cm³/mol. The zero-order chi connectivity index (χ0) is 15.3. The molecule has 0 aliphatic rings. The van der Waals surface area contributed by atoms with Gasteiger partial charge in [0, 0.05) is 6.54 Å². The lowest BCUT2D eigenvalue weighted by Crippen LogP contribution is -2.37. The lowest BCUT2D eigenvalue weighted by atomic mass is 10.1. The number of methoxy groups -OCH3 is 1. The van der Waals surface area contributed by atoms with Gasteiger partial charge in [-0.05, 0) is 38.5 Å². The molecule has 0 aliphatic heterocycles. The zero-order valence-corrected chi connectivity index (χ0v) is 12.3. The molecule has 1 aromatic carbocycles. The number of carbonyl (C=O) groups is 1. The van der Waals surface area contributed by atoms with E-state index in [0.29, 0.717) is 11.3 Å². The van der Waals surface area contributed by atoms with Gasteiger partial charge in [0.05, 0.1) is 13.2 Å². The van der Waals surface area contributed by atoms with Gasteiger partial charge >= 0.3 is 6.09 Å². The minimum Gasteiger partial charge on any atom is -0.504 e. The van der Waals surface area contributed by atoms with Gasteiger partial charge in [0.2, 0.25) is 0 Å². The molecule has 6 heteroatoms. The Balaban J connectivity index is 2.81. The van der Waals surface area contributed by atoms with Crippen LogP contribution in [0.25, 0.3) is 0 Å². The molecule has 0 saturated heterocycles. The molecule has 0 aliphatic carbocycles. The van der Waals surface area contributed by atoms with Gasteiger partial charge < -0.3 is 25.6 Å². The topological polar surface area (TPSA) is 93.8 Å². The summed E-state index contributed by atoms with van der Waals surface area (Å²) >= 11 is 0. The van der Waals surface area contributed by atoms with Crippen LogP contribution in [0.4, 0.5) is 4.79 Å². The van der Waals surface area contributed by atoms with Crippen LogP contribution in [-0.4, -0.2) is 30.5 Å². The van der Waals surface area contributed by atoms with Crippen molar-refractivity contribution in [2.45, 2.75) is 32.4 Å². The molecule has 112 valence electrons. The van der Waals surface area contributed by atoms with Crippen LogP contribution in [-0.2, 0) is 4.74 Å². The van der Waals surface area contributed by atoms with E-state index in [2.05, 4.69) is 5.32 Å². The first kappa shape index (κ1) is 16.1. The standard InChI is InChI=1S/C14H22N2O4/c1-14(2,3)20-13(18)16-10(8-15)9-5-6-12(19-4)11(17)7-9/h5-7,10,17H,8,15H2,1-4H3,(H,16,18). The summed E-state index contributed by atoms with van der Waals surface area (Å²) in [6.07, 6.45) is -0.553. The fourth-order valence-corrected chi connectivity index (χ4v) is 1.65. The van der Waals surface area contributed by atoms with Crippen molar-refractivity contribution >= 4 is 6.09 Å². The van der Waals surface area contributed by atoms with Crippen molar-refractivity contribution in [3.8, 4) is 11.5 Å². The van der Waals surface area contributed by atoms with E-state index in [1.165, 1.54) is 13.2 Å². The monoisotopic (exact) mass is 282 g/mol. The highest BCUT2D eigenvalue weighted by atomic mass is 16.6. The Morgan fingerprint density at radius 1 is 1.45 bits per heavy atom. The second-order valence-electron chi connectivity index (χ2n) is 5.37. The first-order chi connectivity index (χ1) is 9.26. The van der Waals surface area contributed by atoms with Gasteiger partial charge in [0.15, 0.2) is 11.5 Å². The van der Waals surface area contributed by atoms with E-state index in [1.54, 1.807) is 32.9 Å². The van der Waals surface area contributed by atoms with Crippen LogP contribution < -0.4 is 15.8 Å². The third-order valence-corrected chi connectivity index (χ3v) is 2.53. The Morgan fingerprint density at radius 2 is 2.10 bits per heavy atom. The number of carbonyl (C=O) groups excluding carboxylic acids is 1. The van der Waals surface area contributed by atoms with Crippen molar-refractivity contribution in [3.05, 3.63) is 23.8 Å². The number of nitrogens with one attached hydrogen (secondary N) is 1. The molecule has 0 spiro atoms. The Morgan fingerprint density at radius 3 is 2.55 bits per heavy atom. The minimum atomic E-state index is -0.578. The summed E-state index contributed by atoms with van der Waals surface area (Å²) < 4.78 is 10.1. The Bertz CT molecular complexity index is 469. The maximum absolute atomic E-state index is 11.7. The summed E-state index contributed by atoms with van der Waals surface area (Å²) in [4.78, 5) is 11.7. The molecule has 6 nitrogen and oxygen atoms in total. The molecule has 0 bridgehead atoms. The van der Waals surface area contributed by atoms with E-state index >= 15 is 0 Å². The fourth-order valence-electron chi connectivity index (χ4n) is 1.65. The fraction of sp³-hybridized carbons (Fsp3) is 0.500. The summed E-state index contributed by atoms with van der Waals surface area (Å²) in [6.45, 7) is 5.53. The normalized spacial score (nSPS) is 12.7. The first-order valence-corrected chi connectivity index (χ1v) is 6.33. The Hall–Kier alpha value is -1.95. The van der Waals surface area contributed by atoms with E-state index in [9.17, 15) is 9.90 Å². The van der Waals surface area contributed by atoms with Crippen molar-refractivity contribution in [1.82, 2.24) is 5.32 Å². The zero-order valence-electron chi connectivity index (χ0n) is 12.3. The molecule has 1 atom stereocenters. The summed E-state index contributed by atoms with van der Waals surface area (Å²) in [5, 5.41) is 12.4. The number of aromatic hydroxyl groups is 1. The number of amides is 1. The summed E-state index contributed by atoms with van der Waals surface area (Å²) in [7, 11) is 1.47. The van der Waals surface area contributed by atoms with E-state index in [-0.39, 0.29) is 12.3 Å². The van der Waals surface area contributed by atoms with Crippen molar-refractivity contribution in [1.29, 1.82) is 0 Å². The Labute approximate surface area is 118 Å². The van der Waals surface area contributed by atoms with Crippen LogP contribution >= 0.6 is 0 Å².